The molecule has 0 aromatic carbocycles. The van der Waals surface area contributed by atoms with Crippen LogP contribution in [0.1, 0.15) is 29.4 Å². The van der Waals surface area contributed by atoms with Crippen LogP contribution in [0.3, 0.4) is 0 Å². The summed E-state index contributed by atoms with van der Waals surface area (Å²) < 4.78 is 25.2. The number of imidazole rings is 1. The molecule has 6 nitrogen and oxygen atoms in total. The maximum Gasteiger partial charge on any atom is 0.257 e. The van der Waals surface area contributed by atoms with Crippen molar-refractivity contribution in [2.24, 2.45) is 0 Å². The number of aromatic nitrogens is 2. The third kappa shape index (κ3) is 2.61. The minimum atomic E-state index is -3.02. The number of fused-ring (bicyclic) bond motifs is 1. The van der Waals surface area contributed by atoms with E-state index in [1.165, 1.54) is 0 Å². The van der Waals surface area contributed by atoms with Gasteiger partial charge >= 0.3 is 0 Å². The molecule has 118 valence electrons. The molecule has 1 aliphatic rings. The maximum atomic E-state index is 12.9. The first-order valence-electron chi connectivity index (χ1n) is 7.37. The predicted molar refractivity (Wildman–Crippen MR) is 83.7 cm³/mol. The summed E-state index contributed by atoms with van der Waals surface area (Å²) in [6.07, 6.45) is 4.23. The minimum absolute atomic E-state index is 0.0587. The zero-order chi connectivity index (χ0) is 15.9. The Balaban J connectivity index is 1.97. The molecule has 0 N–H and O–H groups in total. The number of aryl methyl sites for hydroxylation is 1. The van der Waals surface area contributed by atoms with Crippen LogP contribution in [0.2, 0.25) is 0 Å². The normalized spacial score (nSPS) is 20.4. The highest BCUT2D eigenvalue weighted by molar-refractivity contribution is 7.91. The van der Waals surface area contributed by atoms with Crippen molar-refractivity contribution in [2.45, 2.75) is 26.3 Å². The van der Waals surface area contributed by atoms with Crippen molar-refractivity contribution in [3.63, 3.8) is 0 Å². The van der Waals surface area contributed by atoms with Gasteiger partial charge in [0, 0.05) is 25.0 Å². The molecule has 0 bridgehead atoms. The Kier molecular flexibility index (Phi) is 3.68. The standard InChI is InChI=1S/C15H19N3O3S/c1-3-18(12-6-8-22(20,21)10-12)15(19)13-5-4-7-17-9-11(2)16-14(13)17/h4-5,7,9,12H,3,6,8,10H2,1-2H3. The fourth-order valence-corrected chi connectivity index (χ4v) is 4.78. The molecule has 0 spiro atoms. The van der Waals surface area contributed by atoms with E-state index in [1.54, 1.807) is 17.0 Å². The summed E-state index contributed by atoms with van der Waals surface area (Å²) in [5.74, 6) is 0.0675. The third-order valence-corrected chi connectivity index (χ3v) is 5.83. The molecular formula is C15H19N3O3S. The second-order valence-corrected chi connectivity index (χ2v) is 7.91. The summed E-state index contributed by atoms with van der Waals surface area (Å²) in [6.45, 7) is 4.24. The Morgan fingerprint density at radius 1 is 1.50 bits per heavy atom. The molecule has 0 saturated carbocycles. The Hall–Kier alpha value is -1.89. The molecule has 3 rings (SSSR count). The Morgan fingerprint density at radius 2 is 2.27 bits per heavy atom. The zero-order valence-electron chi connectivity index (χ0n) is 12.7. The predicted octanol–water partition coefficient (Wildman–Crippen LogP) is 1.29. The van der Waals surface area contributed by atoms with Gasteiger partial charge in [-0.25, -0.2) is 13.4 Å². The van der Waals surface area contributed by atoms with Crippen molar-refractivity contribution >= 4 is 21.4 Å². The van der Waals surface area contributed by atoms with Crippen molar-refractivity contribution in [3.05, 3.63) is 35.8 Å². The third-order valence-electron chi connectivity index (χ3n) is 4.08. The fourth-order valence-electron chi connectivity index (χ4n) is 3.05. The van der Waals surface area contributed by atoms with Gasteiger partial charge in [-0.05, 0) is 32.4 Å². The number of pyridine rings is 1. The summed E-state index contributed by atoms with van der Waals surface area (Å²) in [4.78, 5) is 18.9. The second kappa shape index (κ2) is 5.39. The Morgan fingerprint density at radius 3 is 2.91 bits per heavy atom. The van der Waals surface area contributed by atoms with E-state index in [1.807, 2.05) is 30.6 Å². The Bertz CT molecular complexity index is 826. The van der Waals surface area contributed by atoms with Crippen LogP contribution in [-0.2, 0) is 9.84 Å². The van der Waals surface area contributed by atoms with Crippen LogP contribution in [0.25, 0.3) is 5.65 Å². The van der Waals surface area contributed by atoms with Gasteiger partial charge in [-0.3, -0.25) is 4.79 Å². The smallest absolute Gasteiger partial charge is 0.257 e. The fraction of sp³-hybridized carbons (Fsp3) is 0.467. The molecule has 1 atom stereocenters. The quantitative estimate of drug-likeness (QED) is 0.854. The van der Waals surface area contributed by atoms with Crippen LogP contribution in [-0.4, -0.2) is 52.7 Å². The molecule has 1 saturated heterocycles. The molecule has 3 heterocycles. The molecule has 22 heavy (non-hydrogen) atoms. The molecule has 0 aliphatic carbocycles. The number of hydrogen-bond donors (Lipinski definition) is 0. The van der Waals surface area contributed by atoms with Crippen molar-refractivity contribution in [2.75, 3.05) is 18.1 Å². The molecular weight excluding hydrogens is 302 g/mol. The zero-order valence-corrected chi connectivity index (χ0v) is 13.5. The van der Waals surface area contributed by atoms with Crippen molar-refractivity contribution in [1.82, 2.24) is 14.3 Å². The van der Waals surface area contributed by atoms with Crippen LogP contribution in [0.4, 0.5) is 0 Å². The number of nitrogens with zero attached hydrogens (tertiary/aromatic N) is 3. The van der Waals surface area contributed by atoms with E-state index in [9.17, 15) is 13.2 Å². The van der Waals surface area contributed by atoms with Gasteiger partial charge in [-0.1, -0.05) is 0 Å². The highest BCUT2D eigenvalue weighted by Gasteiger charge is 2.34. The van der Waals surface area contributed by atoms with Gasteiger partial charge in [0.2, 0.25) is 0 Å². The number of carbonyl (C=O) groups excluding carboxylic acids is 1. The first-order valence-corrected chi connectivity index (χ1v) is 9.19. The summed E-state index contributed by atoms with van der Waals surface area (Å²) >= 11 is 0. The summed E-state index contributed by atoms with van der Waals surface area (Å²) in [5.41, 5.74) is 1.97. The van der Waals surface area contributed by atoms with E-state index >= 15 is 0 Å². The largest absolute Gasteiger partial charge is 0.335 e. The molecule has 7 heteroatoms. The molecule has 1 aliphatic heterocycles. The monoisotopic (exact) mass is 321 g/mol. The van der Waals surface area contributed by atoms with Crippen molar-refractivity contribution in [1.29, 1.82) is 0 Å². The molecule has 2 aromatic heterocycles. The maximum absolute atomic E-state index is 12.9. The van der Waals surface area contributed by atoms with Gasteiger partial charge in [0.15, 0.2) is 9.84 Å². The van der Waals surface area contributed by atoms with Gasteiger partial charge in [-0.15, -0.1) is 0 Å². The molecule has 1 fully saturated rings. The lowest BCUT2D eigenvalue weighted by Crippen LogP contribution is -2.41. The molecule has 1 amide bonds. The summed E-state index contributed by atoms with van der Waals surface area (Å²) in [6, 6.07) is 3.32. The number of hydrogen-bond acceptors (Lipinski definition) is 4. The number of sulfone groups is 1. The highest BCUT2D eigenvalue weighted by Crippen LogP contribution is 2.21. The average molecular weight is 321 g/mol. The van der Waals surface area contributed by atoms with Crippen LogP contribution >= 0.6 is 0 Å². The lowest BCUT2D eigenvalue weighted by atomic mass is 10.1. The van der Waals surface area contributed by atoms with Gasteiger partial charge in [0.1, 0.15) is 5.65 Å². The van der Waals surface area contributed by atoms with Crippen molar-refractivity contribution in [3.8, 4) is 0 Å². The average Bonchev–Trinajstić information content (AvgIpc) is 3.00. The van der Waals surface area contributed by atoms with Gasteiger partial charge < -0.3 is 9.30 Å². The van der Waals surface area contributed by atoms with Crippen LogP contribution in [0.15, 0.2) is 24.5 Å². The van der Waals surface area contributed by atoms with E-state index in [2.05, 4.69) is 4.98 Å². The van der Waals surface area contributed by atoms with E-state index in [0.717, 1.165) is 5.69 Å². The molecule has 0 radical (unpaired) electrons. The van der Waals surface area contributed by atoms with E-state index in [0.29, 0.717) is 24.2 Å². The highest BCUT2D eigenvalue weighted by atomic mass is 32.2. The van der Waals surface area contributed by atoms with Crippen molar-refractivity contribution < 1.29 is 13.2 Å². The first-order chi connectivity index (χ1) is 10.4. The number of rotatable bonds is 3. The lowest BCUT2D eigenvalue weighted by Gasteiger charge is -2.27. The van der Waals surface area contributed by atoms with E-state index in [4.69, 9.17) is 0 Å². The minimum Gasteiger partial charge on any atom is -0.335 e. The summed E-state index contributed by atoms with van der Waals surface area (Å²) in [7, 11) is -3.02. The SMILES string of the molecule is CCN(C(=O)c1cccn2cc(C)nc12)C1CCS(=O)(=O)C1. The van der Waals surface area contributed by atoms with E-state index in [-0.39, 0.29) is 23.5 Å². The van der Waals surface area contributed by atoms with Gasteiger partial charge in [0.25, 0.3) is 5.91 Å². The Labute approximate surface area is 129 Å². The summed E-state index contributed by atoms with van der Waals surface area (Å²) in [5, 5.41) is 0. The topological polar surface area (TPSA) is 71.8 Å². The van der Waals surface area contributed by atoms with Crippen LogP contribution < -0.4 is 0 Å². The lowest BCUT2D eigenvalue weighted by molar-refractivity contribution is 0.0710. The number of carbonyl (C=O) groups is 1. The van der Waals surface area contributed by atoms with E-state index < -0.39 is 9.84 Å². The molecule has 2 aromatic rings. The second-order valence-electron chi connectivity index (χ2n) is 5.68. The van der Waals surface area contributed by atoms with Gasteiger partial charge in [0.05, 0.1) is 22.8 Å². The van der Waals surface area contributed by atoms with Gasteiger partial charge in [-0.2, -0.15) is 0 Å². The van der Waals surface area contributed by atoms with Crippen LogP contribution in [0.5, 0.6) is 0 Å². The first kappa shape index (κ1) is 15.0. The number of amides is 1. The molecule has 1 unspecified atom stereocenters. The van der Waals surface area contributed by atoms with Crippen LogP contribution in [0, 0.1) is 6.92 Å².